The number of aromatic nitrogens is 1. The molecule has 4 nitrogen and oxygen atoms in total. The van der Waals surface area contributed by atoms with Crippen LogP contribution in [0.2, 0.25) is 0 Å². The molecule has 2 aromatic rings. The lowest BCUT2D eigenvalue weighted by molar-refractivity contribution is 0.1000. The van der Waals surface area contributed by atoms with Gasteiger partial charge in [-0.05, 0) is 32.3 Å². The van der Waals surface area contributed by atoms with Crippen LogP contribution in [0.25, 0.3) is 11.1 Å². The van der Waals surface area contributed by atoms with Gasteiger partial charge in [0, 0.05) is 28.6 Å². The molecule has 1 fully saturated rings. The summed E-state index contributed by atoms with van der Waals surface area (Å²) in [6.45, 7) is 4.12. The van der Waals surface area contributed by atoms with Crippen molar-refractivity contribution in [3.05, 3.63) is 41.2 Å². The van der Waals surface area contributed by atoms with E-state index in [-0.39, 0.29) is 5.91 Å². The number of carbonyl (C=O) groups is 1. The molecule has 1 saturated carbocycles. The average molecular weight is 298 g/mol. The van der Waals surface area contributed by atoms with Crippen molar-refractivity contribution in [3.8, 4) is 16.9 Å². The SMILES string of the molecule is CCc1c(-c2ccccc2OC)c(C(N)=O)c(C)n1C1CC1. The molecule has 1 aromatic carbocycles. The second-order valence-electron chi connectivity index (χ2n) is 5.80. The number of hydrogen-bond acceptors (Lipinski definition) is 2. The van der Waals surface area contributed by atoms with Gasteiger partial charge in [0.15, 0.2) is 0 Å². The minimum absolute atomic E-state index is 0.368. The maximum absolute atomic E-state index is 12.1. The fraction of sp³-hybridized carbons (Fsp3) is 0.389. The van der Waals surface area contributed by atoms with E-state index in [9.17, 15) is 4.79 Å². The molecule has 22 heavy (non-hydrogen) atoms. The molecule has 116 valence electrons. The number of methoxy groups -OCH3 is 1. The Labute approximate surface area is 130 Å². The number of rotatable bonds is 5. The van der Waals surface area contributed by atoms with Crippen molar-refractivity contribution < 1.29 is 9.53 Å². The topological polar surface area (TPSA) is 57.2 Å². The zero-order valence-corrected chi connectivity index (χ0v) is 13.3. The molecule has 1 aromatic heterocycles. The molecule has 0 radical (unpaired) electrons. The van der Waals surface area contributed by atoms with Crippen LogP contribution in [-0.2, 0) is 6.42 Å². The van der Waals surface area contributed by atoms with Crippen LogP contribution < -0.4 is 10.5 Å². The summed E-state index contributed by atoms with van der Waals surface area (Å²) < 4.78 is 7.81. The van der Waals surface area contributed by atoms with E-state index >= 15 is 0 Å². The molecule has 2 N–H and O–H groups in total. The second-order valence-corrected chi connectivity index (χ2v) is 5.80. The van der Waals surface area contributed by atoms with Gasteiger partial charge in [-0.15, -0.1) is 0 Å². The molecule has 3 rings (SSSR count). The highest BCUT2D eigenvalue weighted by molar-refractivity contribution is 6.03. The van der Waals surface area contributed by atoms with Crippen LogP contribution in [0.4, 0.5) is 0 Å². The van der Waals surface area contributed by atoms with Crippen molar-refractivity contribution >= 4 is 5.91 Å². The van der Waals surface area contributed by atoms with Crippen molar-refractivity contribution in [2.75, 3.05) is 7.11 Å². The van der Waals surface area contributed by atoms with Crippen molar-refractivity contribution in [1.29, 1.82) is 0 Å². The molecule has 0 unspecified atom stereocenters. The lowest BCUT2D eigenvalue weighted by atomic mass is 9.98. The van der Waals surface area contributed by atoms with Crippen molar-refractivity contribution in [3.63, 3.8) is 0 Å². The number of benzene rings is 1. The van der Waals surface area contributed by atoms with Crippen LogP contribution >= 0.6 is 0 Å². The largest absolute Gasteiger partial charge is 0.496 e. The minimum Gasteiger partial charge on any atom is -0.496 e. The maximum atomic E-state index is 12.1. The summed E-state index contributed by atoms with van der Waals surface area (Å²) in [5, 5.41) is 0. The first-order chi connectivity index (χ1) is 10.6. The van der Waals surface area contributed by atoms with Crippen LogP contribution in [0, 0.1) is 6.92 Å². The van der Waals surface area contributed by atoms with E-state index < -0.39 is 0 Å². The Balaban J connectivity index is 2.34. The molecule has 0 atom stereocenters. The Hall–Kier alpha value is -2.23. The zero-order valence-electron chi connectivity index (χ0n) is 13.3. The van der Waals surface area contributed by atoms with Gasteiger partial charge >= 0.3 is 0 Å². The highest BCUT2D eigenvalue weighted by atomic mass is 16.5. The molecular weight excluding hydrogens is 276 g/mol. The highest BCUT2D eigenvalue weighted by Crippen LogP contribution is 2.44. The zero-order chi connectivity index (χ0) is 15.9. The average Bonchev–Trinajstić information content (AvgIpc) is 3.30. The summed E-state index contributed by atoms with van der Waals surface area (Å²) >= 11 is 0. The first kappa shape index (κ1) is 14.7. The molecule has 0 bridgehead atoms. The molecule has 0 saturated heterocycles. The van der Waals surface area contributed by atoms with E-state index in [1.54, 1.807) is 7.11 Å². The van der Waals surface area contributed by atoms with Crippen LogP contribution in [0.5, 0.6) is 5.75 Å². The number of carbonyl (C=O) groups excluding carboxylic acids is 1. The van der Waals surface area contributed by atoms with E-state index in [0.717, 1.165) is 29.0 Å². The van der Waals surface area contributed by atoms with E-state index in [2.05, 4.69) is 11.5 Å². The number of primary amides is 1. The van der Waals surface area contributed by atoms with Gasteiger partial charge in [0.05, 0.1) is 12.7 Å². The Morgan fingerprint density at radius 3 is 2.59 bits per heavy atom. The van der Waals surface area contributed by atoms with Crippen molar-refractivity contribution in [2.45, 2.75) is 39.2 Å². The normalized spacial score (nSPS) is 14.1. The van der Waals surface area contributed by atoms with Gasteiger partial charge in [0.25, 0.3) is 5.91 Å². The first-order valence-corrected chi connectivity index (χ1v) is 7.77. The summed E-state index contributed by atoms with van der Waals surface area (Å²) in [5.74, 6) is 0.403. The summed E-state index contributed by atoms with van der Waals surface area (Å²) in [7, 11) is 1.65. The molecule has 1 aliphatic rings. The maximum Gasteiger partial charge on any atom is 0.251 e. The number of nitrogens with two attached hydrogens (primary N) is 1. The predicted molar refractivity (Wildman–Crippen MR) is 87.3 cm³/mol. The number of amides is 1. The first-order valence-electron chi connectivity index (χ1n) is 7.77. The Kier molecular flexibility index (Phi) is 3.69. The fourth-order valence-electron chi connectivity index (χ4n) is 3.39. The van der Waals surface area contributed by atoms with Gasteiger partial charge < -0.3 is 15.0 Å². The summed E-state index contributed by atoms with van der Waals surface area (Å²) in [4.78, 5) is 12.1. The standard InChI is InChI=1S/C18H22N2O2/c1-4-14-17(13-7-5-6-8-15(13)22-3)16(18(19)21)11(2)20(14)12-9-10-12/h5-8,12H,4,9-10H2,1-3H3,(H2,19,21). The third kappa shape index (κ3) is 2.19. The molecule has 1 heterocycles. The molecule has 1 aliphatic carbocycles. The fourth-order valence-corrected chi connectivity index (χ4v) is 3.39. The smallest absolute Gasteiger partial charge is 0.251 e. The van der Waals surface area contributed by atoms with Crippen LogP contribution in [0.15, 0.2) is 24.3 Å². The molecule has 1 amide bonds. The van der Waals surface area contributed by atoms with Crippen LogP contribution in [0.3, 0.4) is 0 Å². The number of hydrogen-bond donors (Lipinski definition) is 1. The van der Waals surface area contributed by atoms with E-state index in [0.29, 0.717) is 11.6 Å². The lowest BCUT2D eigenvalue weighted by Gasteiger charge is -2.12. The monoisotopic (exact) mass is 298 g/mol. The van der Waals surface area contributed by atoms with Gasteiger partial charge in [-0.3, -0.25) is 4.79 Å². The van der Waals surface area contributed by atoms with E-state index in [1.165, 1.54) is 18.5 Å². The minimum atomic E-state index is -0.368. The molecule has 0 spiro atoms. The summed E-state index contributed by atoms with van der Waals surface area (Å²) in [6, 6.07) is 8.32. The van der Waals surface area contributed by atoms with Gasteiger partial charge in [-0.1, -0.05) is 25.1 Å². The molecule has 0 aliphatic heterocycles. The van der Waals surface area contributed by atoms with E-state index in [4.69, 9.17) is 10.5 Å². The summed E-state index contributed by atoms with van der Waals surface area (Å²) in [5.41, 5.74) is 10.4. The quantitative estimate of drug-likeness (QED) is 0.919. The van der Waals surface area contributed by atoms with Crippen LogP contribution in [-0.4, -0.2) is 17.6 Å². The Bertz CT molecular complexity index is 727. The van der Waals surface area contributed by atoms with Gasteiger partial charge in [-0.25, -0.2) is 0 Å². The summed E-state index contributed by atoms with van der Waals surface area (Å²) in [6.07, 6.45) is 3.20. The Morgan fingerprint density at radius 2 is 2.05 bits per heavy atom. The van der Waals surface area contributed by atoms with E-state index in [1.807, 2.05) is 31.2 Å². The third-order valence-corrected chi connectivity index (χ3v) is 4.42. The van der Waals surface area contributed by atoms with Gasteiger partial charge in [0.2, 0.25) is 0 Å². The second kappa shape index (κ2) is 5.52. The van der Waals surface area contributed by atoms with Crippen molar-refractivity contribution in [2.24, 2.45) is 5.73 Å². The van der Waals surface area contributed by atoms with Gasteiger partial charge in [0.1, 0.15) is 5.75 Å². The molecular formula is C18H22N2O2. The Morgan fingerprint density at radius 1 is 1.36 bits per heavy atom. The lowest BCUT2D eigenvalue weighted by Crippen LogP contribution is -2.13. The van der Waals surface area contributed by atoms with Gasteiger partial charge in [-0.2, -0.15) is 0 Å². The number of para-hydroxylation sites is 1. The highest BCUT2D eigenvalue weighted by Gasteiger charge is 2.33. The third-order valence-electron chi connectivity index (χ3n) is 4.42. The number of ether oxygens (including phenoxy) is 1. The predicted octanol–water partition coefficient (Wildman–Crippen LogP) is 3.47. The van der Waals surface area contributed by atoms with Crippen molar-refractivity contribution in [1.82, 2.24) is 4.57 Å². The number of nitrogens with zero attached hydrogens (tertiary/aromatic N) is 1. The molecule has 4 heteroatoms. The van der Waals surface area contributed by atoms with Crippen LogP contribution in [0.1, 0.15) is 47.6 Å².